The van der Waals surface area contributed by atoms with Gasteiger partial charge in [0.05, 0.1) is 23.6 Å². The molecule has 4 rings (SSSR count). The van der Waals surface area contributed by atoms with E-state index in [-0.39, 0.29) is 24.8 Å². The first-order chi connectivity index (χ1) is 13.1. The summed E-state index contributed by atoms with van der Waals surface area (Å²) in [7, 11) is 1.52. The molecule has 0 bridgehead atoms. The van der Waals surface area contributed by atoms with E-state index in [4.69, 9.17) is 16.3 Å². The average Bonchev–Trinajstić information content (AvgIpc) is 3.25. The van der Waals surface area contributed by atoms with Crippen LogP contribution in [0.5, 0.6) is 5.75 Å². The fourth-order valence-electron chi connectivity index (χ4n) is 3.23. The fraction of sp³-hybridized carbons (Fsp3) is 0.211. The number of anilines is 2. The maximum absolute atomic E-state index is 12.6. The van der Waals surface area contributed by atoms with E-state index in [2.05, 4.69) is 15.5 Å². The van der Waals surface area contributed by atoms with Crippen molar-refractivity contribution in [2.45, 2.75) is 6.42 Å². The van der Waals surface area contributed by atoms with Gasteiger partial charge in [0.2, 0.25) is 11.8 Å². The van der Waals surface area contributed by atoms with Gasteiger partial charge < -0.3 is 10.1 Å². The minimum Gasteiger partial charge on any atom is -0.495 e. The number of fused-ring (bicyclic) bond motifs is 1. The number of amides is 2. The van der Waals surface area contributed by atoms with Gasteiger partial charge in [-0.1, -0.05) is 23.7 Å². The summed E-state index contributed by atoms with van der Waals surface area (Å²) >= 11 is 6.09. The second kappa shape index (κ2) is 6.92. The molecule has 1 atom stereocenters. The molecule has 1 fully saturated rings. The lowest BCUT2D eigenvalue weighted by atomic mass is 10.1. The highest BCUT2D eigenvalue weighted by atomic mass is 35.5. The van der Waals surface area contributed by atoms with Gasteiger partial charge in [-0.2, -0.15) is 5.10 Å². The standard InChI is InChI=1S/C19H17ClN4O3/c1-27-16-7-6-12(9-14(16)20)21-19(26)11-8-17(25)24(10-11)18-13-4-2-3-5-15(13)22-23-18/h2-7,9,11H,8,10H2,1H3,(H,21,26)(H,22,23)/t11-/m0/s1. The van der Waals surface area contributed by atoms with Crippen LogP contribution in [0.15, 0.2) is 42.5 Å². The lowest BCUT2D eigenvalue weighted by Gasteiger charge is -2.14. The highest BCUT2D eigenvalue weighted by Gasteiger charge is 2.36. The summed E-state index contributed by atoms with van der Waals surface area (Å²) in [6.07, 6.45) is 0.136. The van der Waals surface area contributed by atoms with E-state index in [1.54, 1.807) is 23.1 Å². The number of carbonyl (C=O) groups excluding carboxylic acids is 2. The van der Waals surface area contributed by atoms with Gasteiger partial charge in [0.25, 0.3) is 0 Å². The first kappa shape index (κ1) is 17.4. The number of ether oxygens (including phenoxy) is 1. The third-order valence-corrected chi connectivity index (χ3v) is 4.92. The summed E-state index contributed by atoms with van der Waals surface area (Å²) in [4.78, 5) is 26.6. The molecule has 2 amide bonds. The molecule has 0 radical (unpaired) electrons. The van der Waals surface area contributed by atoms with Crippen LogP contribution in [0.4, 0.5) is 11.5 Å². The number of aromatic amines is 1. The van der Waals surface area contributed by atoms with Crippen molar-refractivity contribution in [1.82, 2.24) is 10.2 Å². The smallest absolute Gasteiger partial charge is 0.229 e. The lowest BCUT2D eigenvalue weighted by molar-refractivity contribution is -0.122. The number of para-hydroxylation sites is 1. The van der Waals surface area contributed by atoms with E-state index >= 15 is 0 Å². The number of H-pyrrole nitrogens is 1. The molecule has 0 aliphatic carbocycles. The molecule has 1 aromatic heterocycles. The summed E-state index contributed by atoms with van der Waals surface area (Å²) in [5.41, 5.74) is 1.41. The molecule has 2 heterocycles. The molecule has 8 heteroatoms. The predicted molar refractivity (Wildman–Crippen MR) is 103 cm³/mol. The number of hydrogen-bond donors (Lipinski definition) is 2. The minimum absolute atomic E-state index is 0.125. The SMILES string of the molecule is COc1ccc(NC(=O)[C@H]2CC(=O)N(c3n[nH]c4ccccc34)C2)cc1Cl. The second-order valence-corrected chi connectivity index (χ2v) is 6.74. The molecule has 1 saturated heterocycles. The highest BCUT2D eigenvalue weighted by molar-refractivity contribution is 6.32. The number of carbonyl (C=O) groups is 2. The normalized spacial score (nSPS) is 16.7. The summed E-state index contributed by atoms with van der Waals surface area (Å²) < 4.78 is 5.10. The van der Waals surface area contributed by atoms with Gasteiger partial charge in [-0.3, -0.25) is 19.6 Å². The molecular weight excluding hydrogens is 368 g/mol. The number of methoxy groups -OCH3 is 1. The third-order valence-electron chi connectivity index (χ3n) is 4.62. The van der Waals surface area contributed by atoms with Crippen molar-refractivity contribution in [2.75, 3.05) is 23.9 Å². The maximum Gasteiger partial charge on any atom is 0.229 e. The molecule has 7 nitrogen and oxygen atoms in total. The Balaban J connectivity index is 1.50. The Morgan fingerprint density at radius 3 is 2.93 bits per heavy atom. The topological polar surface area (TPSA) is 87.3 Å². The molecule has 3 aromatic rings. The van der Waals surface area contributed by atoms with E-state index in [1.807, 2.05) is 24.3 Å². The maximum atomic E-state index is 12.6. The van der Waals surface area contributed by atoms with Crippen molar-refractivity contribution in [3.05, 3.63) is 47.5 Å². The van der Waals surface area contributed by atoms with Crippen molar-refractivity contribution in [2.24, 2.45) is 5.92 Å². The van der Waals surface area contributed by atoms with Crippen LogP contribution in [0.3, 0.4) is 0 Å². The number of nitrogens with one attached hydrogen (secondary N) is 2. The van der Waals surface area contributed by atoms with Gasteiger partial charge in [0.1, 0.15) is 5.75 Å². The average molecular weight is 385 g/mol. The Morgan fingerprint density at radius 2 is 2.15 bits per heavy atom. The van der Waals surface area contributed by atoms with Gasteiger partial charge in [0.15, 0.2) is 5.82 Å². The Labute approximate surface area is 160 Å². The van der Waals surface area contributed by atoms with E-state index in [9.17, 15) is 9.59 Å². The van der Waals surface area contributed by atoms with Crippen LogP contribution in [0.2, 0.25) is 5.02 Å². The number of rotatable bonds is 4. The Hall–Kier alpha value is -3.06. The minimum atomic E-state index is -0.464. The lowest BCUT2D eigenvalue weighted by Crippen LogP contribution is -2.28. The van der Waals surface area contributed by atoms with E-state index in [0.29, 0.717) is 22.3 Å². The van der Waals surface area contributed by atoms with E-state index in [0.717, 1.165) is 10.9 Å². The van der Waals surface area contributed by atoms with E-state index in [1.165, 1.54) is 7.11 Å². The summed E-state index contributed by atoms with van der Waals surface area (Å²) in [5, 5.41) is 11.2. The fourth-order valence-corrected chi connectivity index (χ4v) is 3.49. The molecule has 1 aliphatic heterocycles. The first-order valence-corrected chi connectivity index (χ1v) is 8.82. The number of halogens is 1. The molecule has 1 aliphatic rings. The second-order valence-electron chi connectivity index (χ2n) is 6.34. The van der Waals surface area contributed by atoms with Crippen LogP contribution < -0.4 is 15.0 Å². The summed E-state index contributed by atoms with van der Waals surface area (Å²) in [5.74, 6) is 0.265. The van der Waals surface area contributed by atoms with Gasteiger partial charge in [-0.25, -0.2) is 0 Å². The van der Waals surface area contributed by atoms with Crippen molar-refractivity contribution < 1.29 is 14.3 Å². The van der Waals surface area contributed by atoms with Gasteiger partial charge >= 0.3 is 0 Å². The molecule has 138 valence electrons. The quantitative estimate of drug-likeness (QED) is 0.723. The van der Waals surface area contributed by atoms with Crippen LogP contribution in [0.1, 0.15) is 6.42 Å². The highest BCUT2D eigenvalue weighted by Crippen LogP contribution is 2.31. The third kappa shape index (κ3) is 3.21. The zero-order chi connectivity index (χ0) is 19.0. The molecule has 2 N–H and O–H groups in total. The van der Waals surface area contributed by atoms with Gasteiger partial charge in [-0.15, -0.1) is 0 Å². The molecule has 0 saturated carbocycles. The van der Waals surface area contributed by atoms with Gasteiger partial charge in [-0.05, 0) is 30.3 Å². The molecule has 0 unspecified atom stereocenters. The van der Waals surface area contributed by atoms with Crippen LogP contribution in [0.25, 0.3) is 10.9 Å². The van der Waals surface area contributed by atoms with Crippen LogP contribution in [-0.4, -0.2) is 35.7 Å². The van der Waals surface area contributed by atoms with Gasteiger partial charge in [0, 0.05) is 24.0 Å². The largest absolute Gasteiger partial charge is 0.495 e. The Bertz CT molecular complexity index is 1030. The van der Waals surface area contributed by atoms with Crippen molar-refractivity contribution in [1.29, 1.82) is 0 Å². The van der Waals surface area contributed by atoms with Crippen molar-refractivity contribution in [3.8, 4) is 5.75 Å². The molecule has 0 spiro atoms. The number of benzene rings is 2. The van der Waals surface area contributed by atoms with Crippen molar-refractivity contribution in [3.63, 3.8) is 0 Å². The predicted octanol–water partition coefficient (Wildman–Crippen LogP) is 3.22. The number of nitrogens with zero attached hydrogens (tertiary/aromatic N) is 2. The Morgan fingerprint density at radius 1 is 1.33 bits per heavy atom. The van der Waals surface area contributed by atoms with E-state index < -0.39 is 5.92 Å². The first-order valence-electron chi connectivity index (χ1n) is 8.44. The van der Waals surface area contributed by atoms with Crippen molar-refractivity contribution >= 4 is 45.8 Å². The molecular formula is C19H17ClN4O3. The number of hydrogen-bond acceptors (Lipinski definition) is 4. The van der Waals surface area contributed by atoms with Crippen LogP contribution in [-0.2, 0) is 9.59 Å². The van der Waals surface area contributed by atoms with Crippen LogP contribution in [0, 0.1) is 5.92 Å². The molecule has 2 aromatic carbocycles. The van der Waals surface area contributed by atoms with Crippen LogP contribution >= 0.6 is 11.6 Å². The summed E-state index contributed by atoms with van der Waals surface area (Å²) in [6.45, 7) is 0.281. The Kier molecular flexibility index (Phi) is 4.45. The molecule has 27 heavy (non-hydrogen) atoms. The zero-order valence-corrected chi connectivity index (χ0v) is 15.3. The number of aromatic nitrogens is 2. The summed E-state index contributed by atoms with van der Waals surface area (Å²) in [6, 6.07) is 12.6. The monoisotopic (exact) mass is 384 g/mol. The zero-order valence-electron chi connectivity index (χ0n) is 14.5.